The first kappa shape index (κ1) is 15.2. The number of nitrogens with two attached hydrogens (primary N) is 1. The first-order valence-corrected chi connectivity index (χ1v) is 6.79. The van der Waals surface area contributed by atoms with Gasteiger partial charge in [-0.1, -0.05) is 6.92 Å². The van der Waals surface area contributed by atoms with Crippen LogP contribution in [0.2, 0.25) is 0 Å². The predicted molar refractivity (Wildman–Crippen MR) is 77.3 cm³/mol. The van der Waals surface area contributed by atoms with Crippen molar-refractivity contribution in [2.24, 2.45) is 11.7 Å². The van der Waals surface area contributed by atoms with E-state index in [2.05, 4.69) is 6.92 Å². The Kier molecular flexibility index (Phi) is 4.42. The van der Waals surface area contributed by atoms with Crippen molar-refractivity contribution in [1.82, 2.24) is 4.90 Å². The maximum absolute atomic E-state index is 12.5. The second-order valence-electron chi connectivity index (χ2n) is 5.45. The highest BCUT2D eigenvalue weighted by molar-refractivity contribution is 5.95. The van der Waals surface area contributed by atoms with E-state index < -0.39 is 4.92 Å². The lowest BCUT2D eigenvalue weighted by Crippen LogP contribution is -2.48. The van der Waals surface area contributed by atoms with Gasteiger partial charge >= 0.3 is 5.69 Å². The van der Waals surface area contributed by atoms with E-state index in [0.717, 1.165) is 6.42 Å². The quantitative estimate of drug-likeness (QED) is 0.671. The van der Waals surface area contributed by atoms with Crippen molar-refractivity contribution in [3.63, 3.8) is 0 Å². The molecule has 0 saturated carbocycles. The third-order valence-corrected chi connectivity index (χ3v) is 3.60. The van der Waals surface area contributed by atoms with E-state index in [9.17, 15) is 14.9 Å². The fourth-order valence-electron chi connectivity index (χ4n) is 2.71. The van der Waals surface area contributed by atoms with Gasteiger partial charge in [-0.05, 0) is 18.4 Å². The number of amides is 1. The molecule has 1 aliphatic heterocycles. The van der Waals surface area contributed by atoms with Crippen LogP contribution in [0.1, 0.15) is 23.7 Å². The van der Waals surface area contributed by atoms with Crippen molar-refractivity contribution in [2.75, 3.05) is 20.2 Å². The van der Waals surface area contributed by atoms with Gasteiger partial charge in [0.05, 0.1) is 12.0 Å². The SMILES string of the molecule is COc1cc(C(=O)N2CC(C)CC(N)C2)ccc1[N+](=O)[O-]. The van der Waals surface area contributed by atoms with Gasteiger partial charge in [-0.2, -0.15) is 0 Å². The molecule has 2 unspecified atom stereocenters. The summed E-state index contributed by atoms with van der Waals surface area (Å²) < 4.78 is 4.99. The first-order chi connectivity index (χ1) is 9.92. The molecule has 0 spiro atoms. The topological polar surface area (TPSA) is 98.7 Å². The minimum Gasteiger partial charge on any atom is -0.490 e. The maximum atomic E-state index is 12.5. The van der Waals surface area contributed by atoms with Crippen LogP contribution in [-0.4, -0.2) is 42.0 Å². The van der Waals surface area contributed by atoms with Gasteiger partial charge in [0.25, 0.3) is 5.91 Å². The molecule has 1 aromatic carbocycles. The summed E-state index contributed by atoms with van der Waals surface area (Å²) in [5, 5.41) is 10.9. The monoisotopic (exact) mass is 293 g/mol. The molecule has 0 bridgehead atoms. The van der Waals surface area contributed by atoms with Crippen molar-refractivity contribution in [2.45, 2.75) is 19.4 Å². The predicted octanol–water partition coefficient (Wildman–Crippen LogP) is 1.41. The molecule has 0 radical (unpaired) electrons. The summed E-state index contributed by atoms with van der Waals surface area (Å²) in [5.74, 6) is 0.253. The molecule has 2 N–H and O–H groups in total. The summed E-state index contributed by atoms with van der Waals surface area (Å²) in [6, 6.07) is 4.12. The summed E-state index contributed by atoms with van der Waals surface area (Å²) in [4.78, 5) is 24.5. The van der Waals surface area contributed by atoms with Gasteiger partial charge in [0.1, 0.15) is 0 Å². The van der Waals surface area contributed by atoms with Crippen LogP contribution >= 0.6 is 0 Å². The highest BCUT2D eigenvalue weighted by Crippen LogP contribution is 2.28. The van der Waals surface area contributed by atoms with Crippen LogP contribution in [0.25, 0.3) is 0 Å². The summed E-state index contributed by atoms with van der Waals surface area (Å²) in [5.41, 5.74) is 6.16. The van der Waals surface area contributed by atoms with Gasteiger partial charge in [-0.25, -0.2) is 0 Å². The fourth-order valence-corrected chi connectivity index (χ4v) is 2.71. The molecule has 21 heavy (non-hydrogen) atoms. The van der Waals surface area contributed by atoms with E-state index in [-0.39, 0.29) is 23.4 Å². The third-order valence-electron chi connectivity index (χ3n) is 3.60. The molecule has 1 amide bonds. The Bertz CT molecular complexity index is 551. The highest BCUT2D eigenvalue weighted by Gasteiger charge is 2.27. The number of piperidine rings is 1. The first-order valence-electron chi connectivity index (χ1n) is 6.79. The van der Waals surface area contributed by atoms with E-state index in [4.69, 9.17) is 10.5 Å². The molecular weight excluding hydrogens is 274 g/mol. The van der Waals surface area contributed by atoms with E-state index in [1.165, 1.54) is 25.3 Å². The Morgan fingerprint density at radius 3 is 2.76 bits per heavy atom. The van der Waals surface area contributed by atoms with E-state index >= 15 is 0 Å². The zero-order chi connectivity index (χ0) is 15.6. The number of nitro benzene ring substituents is 1. The molecule has 1 aliphatic rings. The van der Waals surface area contributed by atoms with Gasteiger partial charge in [0, 0.05) is 36.8 Å². The summed E-state index contributed by atoms with van der Waals surface area (Å²) in [6.45, 7) is 3.20. The molecule has 0 aliphatic carbocycles. The second-order valence-corrected chi connectivity index (χ2v) is 5.45. The molecule has 7 nitrogen and oxygen atoms in total. The zero-order valence-corrected chi connectivity index (χ0v) is 12.1. The summed E-state index contributed by atoms with van der Waals surface area (Å²) in [6.07, 6.45) is 0.896. The maximum Gasteiger partial charge on any atom is 0.310 e. The minimum atomic E-state index is -0.536. The molecule has 1 heterocycles. The normalized spacial score (nSPS) is 22.0. The average molecular weight is 293 g/mol. The smallest absolute Gasteiger partial charge is 0.310 e. The standard InChI is InChI=1S/C14H19N3O4/c1-9-5-11(15)8-16(7-9)14(18)10-3-4-12(17(19)20)13(6-10)21-2/h3-4,6,9,11H,5,7-8,15H2,1-2H3. The van der Waals surface area contributed by atoms with Crippen LogP contribution in [0.15, 0.2) is 18.2 Å². The lowest BCUT2D eigenvalue weighted by Gasteiger charge is -2.34. The van der Waals surface area contributed by atoms with E-state index in [1.807, 2.05) is 0 Å². The van der Waals surface area contributed by atoms with Crippen molar-refractivity contribution >= 4 is 11.6 Å². The molecule has 114 valence electrons. The molecular formula is C14H19N3O4. The number of carbonyl (C=O) groups is 1. The minimum absolute atomic E-state index is 0.0300. The number of rotatable bonds is 3. The molecule has 1 saturated heterocycles. The number of carbonyl (C=O) groups excluding carboxylic acids is 1. The number of likely N-dealkylation sites (tertiary alicyclic amines) is 1. The van der Waals surface area contributed by atoms with Crippen LogP contribution in [0.5, 0.6) is 5.75 Å². The Hall–Kier alpha value is -2.15. The lowest BCUT2D eigenvalue weighted by atomic mass is 9.96. The van der Waals surface area contributed by atoms with Gasteiger partial charge in [0.15, 0.2) is 5.75 Å². The van der Waals surface area contributed by atoms with Crippen LogP contribution in [0, 0.1) is 16.0 Å². The molecule has 1 aromatic rings. The lowest BCUT2D eigenvalue weighted by molar-refractivity contribution is -0.385. The van der Waals surface area contributed by atoms with Gasteiger partial charge in [-0.3, -0.25) is 14.9 Å². The largest absolute Gasteiger partial charge is 0.490 e. The van der Waals surface area contributed by atoms with Gasteiger partial charge in [-0.15, -0.1) is 0 Å². The summed E-state index contributed by atoms with van der Waals surface area (Å²) >= 11 is 0. The molecule has 0 aromatic heterocycles. The van der Waals surface area contributed by atoms with Gasteiger partial charge in [0.2, 0.25) is 0 Å². The van der Waals surface area contributed by atoms with Crippen LogP contribution in [-0.2, 0) is 0 Å². The van der Waals surface area contributed by atoms with Crippen molar-refractivity contribution in [3.8, 4) is 5.75 Å². The van der Waals surface area contributed by atoms with Crippen LogP contribution < -0.4 is 10.5 Å². The number of hydrogen-bond acceptors (Lipinski definition) is 5. The Balaban J connectivity index is 2.25. The van der Waals surface area contributed by atoms with E-state index in [1.54, 1.807) is 4.90 Å². The molecule has 2 rings (SSSR count). The van der Waals surface area contributed by atoms with Crippen molar-refractivity contribution in [1.29, 1.82) is 0 Å². The Morgan fingerprint density at radius 1 is 1.48 bits per heavy atom. The third kappa shape index (κ3) is 3.30. The second kappa shape index (κ2) is 6.09. The van der Waals surface area contributed by atoms with Gasteiger partial charge < -0.3 is 15.4 Å². The Labute approximate surface area is 122 Å². The van der Waals surface area contributed by atoms with E-state index in [0.29, 0.717) is 24.6 Å². The summed E-state index contributed by atoms with van der Waals surface area (Å²) in [7, 11) is 1.34. The number of hydrogen-bond donors (Lipinski definition) is 1. The van der Waals surface area contributed by atoms with Crippen LogP contribution in [0.3, 0.4) is 0 Å². The zero-order valence-electron chi connectivity index (χ0n) is 12.1. The van der Waals surface area contributed by atoms with Crippen molar-refractivity contribution in [3.05, 3.63) is 33.9 Å². The van der Waals surface area contributed by atoms with Crippen molar-refractivity contribution < 1.29 is 14.5 Å². The molecule has 1 fully saturated rings. The number of benzene rings is 1. The number of nitrogens with zero attached hydrogens (tertiary/aromatic N) is 2. The van der Waals surface area contributed by atoms with Crippen LogP contribution in [0.4, 0.5) is 5.69 Å². The number of methoxy groups -OCH3 is 1. The fraction of sp³-hybridized carbons (Fsp3) is 0.500. The number of ether oxygens (including phenoxy) is 1. The highest BCUT2D eigenvalue weighted by atomic mass is 16.6. The molecule has 7 heteroatoms. The average Bonchev–Trinajstić information content (AvgIpc) is 2.44. The number of nitro groups is 1. The Morgan fingerprint density at radius 2 is 2.19 bits per heavy atom. The molecule has 2 atom stereocenters.